The van der Waals surface area contributed by atoms with E-state index >= 15 is 0 Å². The predicted octanol–water partition coefficient (Wildman–Crippen LogP) is 2.12. The van der Waals surface area contributed by atoms with Crippen LogP contribution in [0.2, 0.25) is 0 Å². The fraction of sp³-hybridized carbons (Fsp3) is 0.471. The summed E-state index contributed by atoms with van der Waals surface area (Å²) in [7, 11) is -2.87. The average Bonchev–Trinajstić information content (AvgIpc) is 2.83. The third-order valence-electron chi connectivity index (χ3n) is 3.92. The van der Waals surface area contributed by atoms with Crippen molar-refractivity contribution in [3.8, 4) is 0 Å². The second-order valence-corrected chi connectivity index (χ2v) is 8.22. The molecule has 1 aliphatic rings. The van der Waals surface area contributed by atoms with E-state index < -0.39 is 9.84 Å². The van der Waals surface area contributed by atoms with Gasteiger partial charge >= 0.3 is 0 Å². The van der Waals surface area contributed by atoms with Gasteiger partial charge in [0, 0.05) is 12.6 Å². The number of carbonyl (C=O) groups is 1. The maximum absolute atomic E-state index is 11.8. The summed E-state index contributed by atoms with van der Waals surface area (Å²) in [6, 6.07) is 10.2. The van der Waals surface area contributed by atoms with E-state index in [-0.39, 0.29) is 23.3 Å². The number of hydrogen-bond donors (Lipinski definition) is 1. The maximum Gasteiger partial charge on any atom is 0.243 e. The first-order chi connectivity index (χ1) is 10.4. The lowest BCUT2D eigenvalue weighted by molar-refractivity contribution is -0.116. The Bertz CT molecular complexity index is 635. The molecule has 1 amide bonds. The highest BCUT2D eigenvalue weighted by atomic mass is 32.2. The minimum atomic E-state index is -2.87. The molecule has 0 bridgehead atoms. The Morgan fingerprint density at radius 1 is 1.32 bits per heavy atom. The molecule has 1 aliphatic heterocycles. The van der Waals surface area contributed by atoms with Gasteiger partial charge in [0.15, 0.2) is 9.84 Å². The molecule has 0 spiro atoms. The van der Waals surface area contributed by atoms with Crippen molar-refractivity contribution in [1.29, 1.82) is 0 Å². The van der Waals surface area contributed by atoms with Gasteiger partial charge in [-0.15, -0.1) is 0 Å². The molecule has 2 rings (SSSR count). The molecule has 1 aromatic rings. The molecule has 1 fully saturated rings. The van der Waals surface area contributed by atoms with Crippen LogP contribution in [0, 0.1) is 5.92 Å². The third-order valence-corrected chi connectivity index (χ3v) is 5.76. The molecule has 0 saturated carbocycles. The molecule has 1 N–H and O–H groups in total. The monoisotopic (exact) mass is 321 g/mol. The van der Waals surface area contributed by atoms with Crippen molar-refractivity contribution in [2.45, 2.75) is 26.2 Å². The molecule has 0 aliphatic carbocycles. The van der Waals surface area contributed by atoms with Gasteiger partial charge in [0.1, 0.15) is 0 Å². The van der Waals surface area contributed by atoms with Crippen molar-refractivity contribution in [1.82, 2.24) is 5.32 Å². The van der Waals surface area contributed by atoms with E-state index in [1.807, 2.05) is 25.1 Å². The average molecular weight is 321 g/mol. The summed E-state index contributed by atoms with van der Waals surface area (Å²) >= 11 is 0. The normalized spacial score (nSPS) is 20.8. The Morgan fingerprint density at radius 3 is 2.68 bits per heavy atom. The molecule has 5 heteroatoms. The van der Waals surface area contributed by atoms with Crippen molar-refractivity contribution in [3.63, 3.8) is 0 Å². The van der Waals surface area contributed by atoms with Crippen LogP contribution < -0.4 is 5.32 Å². The van der Waals surface area contributed by atoms with Gasteiger partial charge in [-0.3, -0.25) is 4.79 Å². The maximum atomic E-state index is 11.8. The van der Waals surface area contributed by atoms with Crippen LogP contribution >= 0.6 is 0 Å². The van der Waals surface area contributed by atoms with Crippen LogP contribution in [-0.4, -0.2) is 32.4 Å². The van der Waals surface area contributed by atoms with Gasteiger partial charge in [-0.25, -0.2) is 8.42 Å². The van der Waals surface area contributed by atoms with Crippen LogP contribution in [-0.2, 0) is 21.1 Å². The summed E-state index contributed by atoms with van der Waals surface area (Å²) in [6.07, 6.45) is 4.03. The van der Waals surface area contributed by atoms with Crippen molar-refractivity contribution < 1.29 is 13.2 Å². The lowest BCUT2D eigenvalue weighted by atomic mass is 10.1. The van der Waals surface area contributed by atoms with Crippen molar-refractivity contribution in [2.24, 2.45) is 5.92 Å². The Morgan fingerprint density at radius 2 is 2.05 bits per heavy atom. The van der Waals surface area contributed by atoms with E-state index in [2.05, 4.69) is 17.4 Å². The number of nitrogens with one attached hydrogen (secondary N) is 1. The van der Waals surface area contributed by atoms with Crippen LogP contribution in [0.25, 0.3) is 0 Å². The summed E-state index contributed by atoms with van der Waals surface area (Å²) in [6.45, 7) is 2.39. The Balaban J connectivity index is 1.73. The highest BCUT2D eigenvalue weighted by Crippen LogP contribution is 2.17. The smallest absolute Gasteiger partial charge is 0.243 e. The summed E-state index contributed by atoms with van der Waals surface area (Å²) in [5.74, 6) is 0.380. The zero-order valence-electron chi connectivity index (χ0n) is 12.9. The predicted molar refractivity (Wildman–Crippen MR) is 88.3 cm³/mol. The molecule has 1 heterocycles. The number of benzene rings is 1. The second-order valence-electron chi connectivity index (χ2n) is 5.99. The number of sulfone groups is 1. The first-order valence-corrected chi connectivity index (χ1v) is 9.46. The first-order valence-electron chi connectivity index (χ1n) is 7.64. The number of rotatable bonds is 6. The van der Waals surface area contributed by atoms with E-state index in [0.717, 1.165) is 18.4 Å². The van der Waals surface area contributed by atoms with Gasteiger partial charge < -0.3 is 5.32 Å². The summed E-state index contributed by atoms with van der Waals surface area (Å²) in [5, 5.41) is 2.81. The molecule has 0 unspecified atom stereocenters. The lowest BCUT2D eigenvalue weighted by Crippen LogP contribution is -2.28. The molecule has 1 aromatic carbocycles. The highest BCUT2D eigenvalue weighted by Gasteiger charge is 2.27. The Hall–Kier alpha value is -1.62. The van der Waals surface area contributed by atoms with Gasteiger partial charge in [-0.05, 0) is 37.7 Å². The van der Waals surface area contributed by atoms with Crippen LogP contribution in [0.4, 0.5) is 0 Å². The van der Waals surface area contributed by atoms with E-state index in [4.69, 9.17) is 0 Å². The SMILES string of the molecule is C/C(=C\C(=O)NC[C@@H]1CCS(=O)(=O)C1)CCc1ccccc1. The molecule has 0 radical (unpaired) electrons. The van der Waals surface area contributed by atoms with E-state index in [9.17, 15) is 13.2 Å². The van der Waals surface area contributed by atoms with Gasteiger partial charge in [0.05, 0.1) is 11.5 Å². The molecule has 0 aromatic heterocycles. The topological polar surface area (TPSA) is 63.2 Å². The number of allylic oxidation sites excluding steroid dienone is 1. The summed E-state index contributed by atoms with van der Waals surface area (Å²) in [5.41, 5.74) is 2.28. The molecular formula is C17H23NO3S. The third kappa shape index (κ3) is 5.64. The van der Waals surface area contributed by atoms with Crippen LogP contribution in [0.5, 0.6) is 0 Å². The van der Waals surface area contributed by atoms with Gasteiger partial charge in [-0.2, -0.15) is 0 Å². The van der Waals surface area contributed by atoms with Crippen molar-refractivity contribution in [3.05, 3.63) is 47.5 Å². The van der Waals surface area contributed by atoms with Gasteiger partial charge in [-0.1, -0.05) is 35.9 Å². The van der Waals surface area contributed by atoms with Crippen molar-refractivity contribution in [2.75, 3.05) is 18.1 Å². The molecule has 4 nitrogen and oxygen atoms in total. The first kappa shape index (κ1) is 16.7. The summed E-state index contributed by atoms with van der Waals surface area (Å²) in [4.78, 5) is 11.8. The van der Waals surface area contributed by atoms with Crippen LogP contribution in [0.1, 0.15) is 25.3 Å². The van der Waals surface area contributed by atoms with Gasteiger partial charge in [0.25, 0.3) is 0 Å². The molecular weight excluding hydrogens is 298 g/mol. The lowest BCUT2D eigenvalue weighted by Gasteiger charge is -2.08. The quantitative estimate of drug-likeness (QED) is 0.816. The molecule has 1 saturated heterocycles. The fourth-order valence-electron chi connectivity index (χ4n) is 2.61. The Labute approximate surface area is 132 Å². The molecule has 1 atom stereocenters. The second kappa shape index (κ2) is 7.58. The zero-order valence-corrected chi connectivity index (χ0v) is 13.7. The largest absolute Gasteiger partial charge is 0.352 e. The van der Waals surface area contributed by atoms with Gasteiger partial charge in [0.2, 0.25) is 5.91 Å². The number of amides is 1. The zero-order chi connectivity index (χ0) is 16.0. The van der Waals surface area contributed by atoms with Crippen molar-refractivity contribution >= 4 is 15.7 Å². The molecule has 22 heavy (non-hydrogen) atoms. The summed E-state index contributed by atoms with van der Waals surface area (Å²) < 4.78 is 22.7. The fourth-order valence-corrected chi connectivity index (χ4v) is 4.47. The number of hydrogen-bond acceptors (Lipinski definition) is 3. The van der Waals surface area contributed by atoms with E-state index in [1.165, 1.54) is 5.56 Å². The minimum Gasteiger partial charge on any atom is -0.352 e. The van der Waals surface area contributed by atoms with Crippen LogP contribution in [0.3, 0.4) is 0 Å². The highest BCUT2D eigenvalue weighted by molar-refractivity contribution is 7.91. The van der Waals surface area contributed by atoms with Crippen LogP contribution in [0.15, 0.2) is 42.0 Å². The number of carbonyl (C=O) groups excluding carboxylic acids is 1. The number of aryl methyl sites for hydroxylation is 1. The Kier molecular flexibility index (Phi) is 5.77. The molecule has 120 valence electrons. The standard InChI is InChI=1S/C17H23NO3S/c1-14(7-8-15-5-3-2-4-6-15)11-17(19)18-12-16-9-10-22(20,21)13-16/h2-6,11,16H,7-10,12-13H2,1H3,(H,18,19)/b14-11+/t16-/m0/s1. The van der Waals surface area contributed by atoms with E-state index in [1.54, 1.807) is 6.08 Å². The van der Waals surface area contributed by atoms with E-state index in [0.29, 0.717) is 13.0 Å². The minimum absolute atomic E-state index is 0.0620.